The minimum Gasteiger partial charge on any atom is -0.336 e. The van der Waals surface area contributed by atoms with Gasteiger partial charge in [0.05, 0.1) is 0 Å². The molecule has 1 aliphatic heterocycles. The summed E-state index contributed by atoms with van der Waals surface area (Å²) in [7, 11) is 2.06. The molecule has 0 radical (unpaired) electrons. The van der Waals surface area contributed by atoms with Gasteiger partial charge in [-0.3, -0.25) is 9.59 Å². The van der Waals surface area contributed by atoms with Crippen molar-refractivity contribution in [2.24, 2.45) is 0 Å². The topological polar surface area (TPSA) is 52.7 Å². The highest BCUT2D eigenvalue weighted by molar-refractivity contribution is 6.05. The Bertz CT molecular complexity index is 780. The molecule has 0 aliphatic carbocycles. The number of piperazine rings is 1. The number of amides is 2. The zero-order chi connectivity index (χ0) is 17.8. The Morgan fingerprint density at radius 1 is 0.920 bits per heavy atom. The van der Waals surface area contributed by atoms with Crippen LogP contribution in [0.5, 0.6) is 0 Å². The van der Waals surface area contributed by atoms with Gasteiger partial charge in [-0.15, -0.1) is 0 Å². The monoisotopic (exact) mass is 337 g/mol. The van der Waals surface area contributed by atoms with E-state index in [0.717, 1.165) is 31.7 Å². The van der Waals surface area contributed by atoms with Gasteiger partial charge in [-0.25, -0.2) is 0 Å². The highest BCUT2D eigenvalue weighted by Gasteiger charge is 2.20. The smallest absolute Gasteiger partial charge is 0.255 e. The van der Waals surface area contributed by atoms with Gasteiger partial charge in [-0.1, -0.05) is 23.8 Å². The van der Waals surface area contributed by atoms with E-state index in [9.17, 15) is 9.59 Å². The second-order valence-electron chi connectivity index (χ2n) is 6.50. The van der Waals surface area contributed by atoms with Crippen LogP contribution in [0.3, 0.4) is 0 Å². The Balaban J connectivity index is 1.71. The van der Waals surface area contributed by atoms with Gasteiger partial charge >= 0.3 is 0 Å². The Labute approximate surface area is 148 Å². The highest BCUT2D eigenvalue weighted by atomic mass is 16.2. The summed E-state index contributed by atoms with van der Waals surface area (Å²) in [6, 6.07) is 14.6. The predicted molar refractivity (Wildman–Crippen MR) is 99.0 cm³/mol. The lowest BCUT2D eigenvalue weighted by Crippen LogP contribution is -2.47. The second-order valence-corrected chi connectivity index (χ2v) is 6.50. The first-order valence-corrected chi connectivity index (χ1v) is 8.49. The third kappa shape index (κ3) is 4.25. The third-order valence-corrected chi connectivity index (χ3v) is 4.44. The summed E-state index contributed by atoms with van der Waals surface area (Å²) in [4.78, 5) is 29.1. The van der Waals surface area contributed by atoms with Crippen LogP contribution in [0.2, 0.25) is 0 Å². The molecule has 2 aromatic rings. The number of benzene rings is 2. The fourth-order valence-corrected chi connectivity index (χ4v) is 2.91. The lowest BCUT2D eigenvalue weighted by atomic mass is 10.1. The Kier molecular flexibility index (Phi) is 5.14. The van der Waals surface area contributed by atoms with E-state index < -0.39 is 0 Å². The molecule has 0 aromatic heterocycles. The molecule has 0 atom stereocenters. The normalized spacial score (nSPS) is 15.0. The number of anilines is 1. The van der Waals surface area contributed by atoms with Crippen LogP contribution in [0.1, 0.15) is 26.3 Å². The van der Waals surface area contributed by atoms with Crippen LogP contribution in [0.4, 0.5) is 5.69 Å². The molecule has 2 amide bonds. The van der Waals surface area contributed by atoms with Crippen molar-refractivity contribution >= 4 is 17.5 Å². The van der Waals surface area contributed by atoms with Gasteiger partial charge in [-0.05, 0) is 44.3 Å². The Hall–Kier alpha value is -2.66. The van der Waals surface area contributed by atoms with Crippen molar-refractivity contribution in [2.75, 3.05) is 38.5 Å². The van der Waals surface area contributed by atoms with Gasteiger partial charge in [0.15, 0.2) is 0 Å². The summed E-state index contributed by atoms with van der Waals surface area (Å²) < 4.78 is 0. The summed E-state index contributed by atoms with van der Waals surface area (Å²) in [5, 5.41) is 2.87. The minimum atomic E-state index is -0.173. The summed E-state index contributed by atoms with van der Waals surface area (Å²) in [6.45, 7) is 5.18. The van der Waals surface area contributed by atoms with Crippen molar-refractivity contribution in [1.29, 1.82) is 0 Å². The highest BCUT2D eigenvalue weighted by Crippen LogP contribution is 2.15. The van der Waals surface area contributed by atoms with E-state index in [0.29, 0.717) is 16.8 Å². The quantitative estimate of drug-likeness (QED) is 0.937. The van der Waals surface area contributed by atoms with E-state index in [2.05, 4.69) is 17.3 Å². The van der Waals surface area contributed by atoms with E-state index >= 15 is 0 Å². The number of nitrogens with zero attached hydrogens (tertiary/aromatic N) is 2. The third-order valence-electron chi connectivity index (χ3n) is 4.44. The predicted octanol–water partition coefficient (Wildman–Crippen LogP) is 2.63. The molecule has 1 N–H and O–H groups in total. The molecule has 25 heavy (non-hydrogen) atoms. The van der Waals surface area contributed by atoms with Gasteiger partial charge in [0.1, 0.15) is 0 Å². The molecule has 0 bridgehead atoms. The first-order chi connectivity index (χ1) is 12.0. The average molecular weight is 337 g/mol. The Morgan fingerprint density at radius 2 is 1.60 bits per heavy atom. The molecule has 5 heteroatoms. The molecule has 1 aliphatic rings. The molecule has 3 rings (SSSR count). The molecular formula is C20H23N3O2. The molecule has 130 valence electrons. The molecule has 5 nitrogen and oxygen atoms in total. The zero-order valence-electron chi connectivity index (χ0n) is 14.7. The van der Waals surface area contributed by atoms with Crippen LogP contribution in [-0.2, 0) is 0 Å². The number of nitrogens with one attached hydrogen (secondary N) is 1. The maximum atomic E-state index is 12.7. The molecule has 0 spiro atoms. The summed E-state index contributed by atoms with van der Waals surface area (Å²) in [6.07, 6.45) is 0. The van der Waals surface area contributed by atoms with Gasteiger partial charge in [-0.2, -0.15) is 0 Å². The van der Waals surface area contributed by atoms with Gasteiger partial charge in [0, 0.05) is 43.0 Å². The zero-order valence-corrected chi connectivity index (χ0v) is 14.7. The van der Waals surface area contributed by atoms with Crippen LogP contribution in [0.15, 0.2) is 48.5 Å². The van der Waals surface area contributed by atoms with Crippen molar-refractivity contribution in [1.82, 2.24) is 9.80 Å². The van der Waals surface area contributed by atoms with Crippen molar-refractivity contribution in [3.63, 3.8) is 0 Å². The summed E-state index contributed by atoms with van der Waals surface area (Å²) in [5.74, 6) is -0.160. The molecular weight excluding hydrogens is 314 g/mol. The second kappa shape index (κ2) is 7.49. The molecule has 0 saturated carbocycles. The fraction of sp³-hybridized carbons (Fsp3) is 0.300. The lowest BCUT2D eigenvalue weighted by Gasteiger charge is -2.32. The maximum Gasteiger partial charge on any atom is 0.255 e. The molecule has 1 saturated heterocycles. The minimum absolute atomic E-state index is 0.0137. The first-order valence-electron chi connectivity index (χ1n) is 8.49. The van der Waals surface area contributed by atoms with Crippen molar-refractivity contribution in [3.8, 4) is 0 Å². The molecule has 1 fully saturated rings. The van der Waals surface area contributed by atoms with Crippen LogP contribution in [0.25, 0.3) is 0 Å². The summed E-state index contributed by atoms with van der Waals surface area (Å²) in [5.41, 5.74) is 2.88. The first kappa shape index (κ1) is 17.2. The van der Waals surface area contributed by atoms with E-state index in [1.165, 1.54) is 0 Å². The summed E-state index contributed by atoms with van der Waals surface area (Å²) >= 11 is 0. The van der Waals surface area contributed by atoms with Gasteiger partial charge in [0.2, 0.25) is 0 Å². The van der Waals surface area contributed by atoms with Gasteiger partial charge < -0.3 is 15.1 Å². The van der Waals surface area contributed by atoms with Crippen LogP contribution < -0.4 is 5.32 Å². The standard InChI is InChI=1S/C20H23N3O2/c1-15-5-3-6-16(13-15)19(24)21-18-8-4-7-17(14-18)20(25)23-11-9-22(2)10-12-23/h3-8,13-14H,9-12H2,1-2H3,(H,21,24). The van der Waals surface area contributed by atoms with Crippen LogP contribution in [0, 0.1) is 6.92 Å². The molecule has 2 aromatic carbocycles. The number of carbonyl (C=O) groups is 2. The van der Waals surface area contributed by atoms with Crippen LogP contribution in [-0.4, -0.2) is 54.8 Å². The van der Waals surface area contributed by atoms with Crippen molar-refractivity contribution in [2.45, 2.75) is 6.92 Å². The number of hydrogen-bond donors (Lipinski definition) is 1. The molecule has 1 heterocycles. The lowest BCUT2D eigenvalue weighted by molar-refractivity contribution is 0.0664. The van der Waals surface area contributed by atoms with E-state index in [-0.39, 0.29) is 11.8 Å². The molecule has 0 unspecified atom stereocenters. The van der Waals surface area contributed by atoms with Crippen LogP contribution >= 0.6 is 0 Å². The fourth-order valence-electron chi connectivity index (χ4n) is 2.91. The van der Waals surface area contributed by atoms with E-state index in [1.54, 1.807) is 30.3 Å². The van der Waals surface area contributed by atoms with Crippen molar-refractivity contribution < 1.29 is 9.59 Å². The van der Waals surface area contributed by atoms with Gasteiger partial charge in [0.25, 0.3) is 11.8 Å². The van der Waals surface area contributed by atoms with Crippen molar-refractivity contribution in [3.05, 3.63) is 65.2 Å². The largest absolute Gasteiger partial charge is 0.336 e. The number of hydrogen-bond acceptors (Lipinski definition) is 3. The average Bonchev–Trinajstić information content (AvgIpc) is 2.62. The van der Waals surface area contributed by atoms with E-state index in [1.807, 2.05) is 30.0 Å². The maximum absolute atomic E-state index is 12.7. The Morgan fingerprint density at radius 3 is 2.32 bits per heavy atom. The number of rotatable bonds is 3. The SMILES string of the molecule is Cc1cccc(C(=O)Nc2cccc(C(=O)N3CCN(C)CC3)c2)c1. The number of carbonyl (C=O) groups excluding carboxylic acids is 2. The van der Waals surface area contributed by atoms with E-state index in [4.69, 9.17) is 0 Å². The number of aryl methyl sites for hydroxylation is 1. The number of likely N-dealkylation sites (N-methyl/N-ethyl adjacent to an activating group) is 1.